The Hall–Kier alpha value is -0.870. The molecule has 1 saturated heterocycles. The molecule has 100 valence electrons. The Balaban J connectivity index is 2.17. The van der Waals surface area contributed by atoms with Gasteiger partial charge in [-0.2, -0.15) is 0 Å². The molecule has 1 aromatic heterocycles. The maximum Gasteiger partial charge on any atom is 0.141 e. The van der Waals surface area contributed by atoms with Crippen LogP contribution in [0.5, 0.6) is 0 Å². The van der Waals surface area contributed by atoms with Gasteiger partial charge < -0.3 is 4.90 Å². The number of piperazine rings is 1. The highest BCUT2D eigenvalue weighted by molar-refractivity contribution is 6.17. The van der Waals surface area contributed by atoms with Crippen molar-refractivity contribution >= 4 is 17.4 Å². The molecule has 3 nitrogen and oxygen atoms in total. The number of hydrogen-bond donors (Lipinski definition) is 0. The smallest absolute Gasteiger partial charge is 0.141 e. The maximum absolute atomic E-state index is 13.1. The van der Waals surface area contributed by atoms with Crippen LogP contribution in [0.15, 0.2) is 12.3 Å². The van der Waals surface area contributed by atoms with Gasteiger partial charge in [-0.25, -0.2) is 9.37 Å². The predicted molar refractivity (Wildman–Crippen MR) is 72.7 cm³/mol. The van der Waals surface area contributed by atoms with E-state index in [1.165, 1.54) is 12.3 Å². The van der Waals surface area contributed by atoms with Crippen LogP contribution in [-0.4, -0.2) is 42.1 Å². The summed E-state index contributed by atoms with van der Waals surface area (Å²) in [4.78, 5) is 8.84. The lowest BCUT2D eigenvalue weighted by atomic mass is 10.1. The molecule has 0 aromatic carbocycles. The van der Waals surface area contributed by atoms with Gasteiger partial charge in [-0.05, 0) is 19.5 Å². The molecule has 0 aliphatic carbocycles. The first-order valence-electron chi connectivity index (χ1n) is 6.35. The third kappa shape index (κ3) is 2.75. The summed E-state index contributed by atoms with van der Waals surface area (Å²) >= 11 is 5.87. The highest BCUT2D eigenvalue weighted by atomic mass is 35.5. The second-order valence-corrected chi connectivity index (χ2v) is 4.96. The molecule has 1 unspecified atom stereocenters. The number of hydrogen-bond acceptors (Lipinski definition) is 3. The van der Waals surface area contributed by atoms with E-state index in [1.807, 2.05) is 0 Å². The van der Waals surface area contributed by atoms with E-state index < -0.39 is 0 Å². The molecule has 1 atom stereocenters. The van der Waals surface area contributed by atoms with Crippen molar-refractivity contribution in [1.29, 1.82) is 0 Å². The van der Waals surface area contributed by atoms with Crippen LogP contribution in [0.3, 0.4) is 0 Å². The van der Waals surface area contributed by atoms with E-state index in [0.29, 0.717) is 11.9 Å². The van der Waals surface area contributed by atoms with Crippen molar-refractivity contribution in [2.45, 2.75) is 25.8 Å². The summed E-state index contributed by atoms with van der Waals surface area (Å²) in [5.41, 5.74) is 0.772. The fourth-order valence-corrected chi connectivity index (χ4v) is 2.71. The molecule has 1 aliphatic heterocycles. The lowest BCUT2D eigenvalue weighted by molar-refractivity contribution is 0.199. The van der Waals surface area contributed by atoms with E-state index in [-0.39, 0.29) is 5.82 Å². The number of pyridine rings is 1. The molecule has 0 radical (unpaired) electrons. The third-order valence-electron chi connectivity index (χ3n) is 3.52. The average molecular weight is 272 g/mol. The minimum Gasteiger partial charge on any atom is -0.354 e. The summed E-state index contributed by atoms with van der Waals surface area (Å²) in [5, 5.41) is 0. The molecule has 0 amide bonds. The van der Waals surface area contributed by atoms with Crippen LogP contribution in [0.4, 0.5) is 10.2 Å². The predicted octanol–water partition coefficient (Wildman–Crippen LogP) is 2.49. The lowest BCUT2D eigenvalue weighted by Crippen LogP contribution is -2.52. The van der Waals surface area contributed by atoms with Gasteiger partial charge >= 0.3 is 0 Å². The van der Waals surface area contributed by atoms with Crippen LogP contribution in [0, 0.1) is 5.82 Å². The van der Waals surface area contributed by atoms with Crippen LogP contribution >= 0.6 is 11.6 Å². The maximum atomic E-state index is 13.1. The first kappa shape index (κ1) is 13.6. The lowest BCUT2D eigenvalue weighted by Gasteiger charge is -2.40. The van der Waals surface area contributed by atoms with Crippen LogP contribution in [-0.2, 0) is 5.88 Å². The molecule has 18 heavy (non-hydrogen) atoms. The summed E-state index contributed by atoms with van der Waals surface area (Å²) in [5.74, 6) is 0.797. The van der Waals surface area contributed by atoms with Crippen molar-refractivity contribution in [3.8, 4) is 0 Å². The SMILES string of the molecule is CCN1CCN(c2ncc(F)cc2CCl)CC1C. The molecule has 0 bridgehead atoms. The van der Waals surface area contributed by atoms with E-state index in [2.05, 4.69) is 28.6 Å². The van der Waals surface area contributed by atoms with E-state index >= 15 is 0 Å². The molecular weight excluding hydrogens is 253 g/mol. The van der Waals surface area contributed by atoms with Gasteiger partial charge in [-0.3, -0.25) is 4.90 Å². The average Bonchev–Trinajstić information content (AvgIpc) is 2.38. The van der Waals surface area contributed by atoms with Gasteiger partial charge in [0, 0.05) is 31.2 Å². The highest BCUT2D eigenvalue weighted by Crippen LogP contribution is 2.23. The van der Waals surface area contributed by atoms with E-state index in [0.717, 1.165) is 37.6 Å². The number of likely N-dealkylation sites (N-methyl/N-ethyl adjacent to an activating group) is 1. The summed E-state index contributed by atoms with van der Waals surface area (Å²) in [6, 6.07) is 1.96. The number of halogens is 2. The summed E-state index contributed by atoms with van der Waals surface area (Å²) in [7, 11) is 0. The zero-order chi connectivity index (χ0) is 13.1. The van der Waals surface area contributed by atoms with E-state index in [1.54, 1.807) is 0 Å². The minimum atomic E-state index is -0.324. The van der Waals surface area contributed by atoms with Gasteiger partial charge in [0.15, 0.2) is 0 Å². The third-order valence-corrected chi connectivity index (χ3v) is 3.81. The molecule has 0 N–H and O–H groups in total. The Morgan fingerprint density at radius 3 is 2.89 bits per heavy atom. The Morgan fingerprint density at radius 2 is 2.28 bits per heavy atom. The standard InChI is InChI=1S/C13H19ClFN3/c1-3-17-4-5-18(9-10(17)2)13-11(7-14)6-12(15)8-16-13/h6,8,10H,3-5,7,9H2,1-2H3. The number of alkyl halides is 1. The molecule has 1 aromatic rings. The van der Waals surface area contributed by atoms with E-state index in [4.69, 9.17) is 11.6 Å². The second-order valence-electron chi connectivity index (χ2n) is 4.69. The van der Waals surface area contributed by atoms with Gasteiger partial charge in [0.05, 0.1) is 12.1 Å². The molecule has 5 heteroatoms. The summed E-state index contributed by atoms with van der Waals surface area (Å²) < 4.78 is 13.1. The minimum absolute atomic E-state index is 0.294. The highest BCUT2D eigenvalue weighted by Gasteiger charge is 2.24. The molecule has 2 rings (SSSR count). The largest absolute Gasteiger partial charge is 0.354 e. The Labute approximate surface area is 113 Å². The quantitative estimate of drug-likeness (QED) is 0.788. The zero-order valence-corrected chi connectivity index (χ0v) is 11.6. The molecular formula is C13H19ClFN3. The van der Waals surface area contributed by atoms with Gasteiger partial charge in [0.25, 0.3) is 0 Å². The van der Waals surface area contributed by atoms with Crippen molar-refractivity contribution in [1.82, 2.24) is 9.88 Å². The Kier molecular flexibility index (Phi) is 4.40. The second kappa shape index (κ2) is 5.85. The monoisotopic (exact) mass is 271 g/mol. The molecule has 0 spiro atoms. The fraction of sp³-hybridized carbons (Fsp3) is 0.615. The number of rotatable bonds is 3. The number of aromatic nitrogens is 1. The van der Waals surface area contributed by atoms with Crippen LogP contribution in [0.1, 0.15) is 19.4 Å². The van der Waals surface area contributed by atoms with Gasteiger partial charge in [0.1, 0.15) is 11.6 Å². The molecule has 0 saturated carbocycles. The van der Waals surface area contributed by atoms with Crippen LogP contribution in [0.25, 0.3) is 0 Å². The van der Waals surface area contributed by atoms with Gasteiger partial charge in [-0.15, -0.1) is 11.6 Å². The van der Waals surface area contributed by atoms with Crippen LogP contribution in [0.2, 0.25) is 0 Å². The van der Waals surface area contributed by atoms with Gasteiger partial charge in [-0.1, -0.05) is 6.92 Å². The number of anilines is 1. The molecule has 1 aliphatic rings. The van der Waals surface area contributed by atoms with Crippen molar-refractivity contribution in [3.05, 3.63) is 23.6 Å². The van der Waals surface area contributed by atoms with Crippen molar-refractivity contribution < 1.29 is 4.39 Å². The Morgan fingerprint density at radius 1 is 1.50 bits per heavy atom. The summed E-state index contributed by atoms with van der Waals surface area (Å²) in [6.45, 7) is 8.29. The number of nitrogens with zero attached hydrogens (tertiary/aromatic N) is 3. The van der Waals surface area contributed by atoms with Crippen LogP contribution < -0.4 is 4.90 Å². The van der Waals surface area contributed by atoms with Crippen molar-refractivity contribution in [3.63, 3.8) is 0 Å². The summed E-state index contributed by atoms with van der Waals surface area (Å²) in [6.07, 6.45) is 1.27. The first-order chi connectivity index (χ1) is 8.65. The van der Waals surface area contributed by atoms with Crippen molar-refractivity contribution in [2.75, 3.05) is 31.1 Å². The molecule has 1 fully saturated rings. The zero-order valence-electron chi connectivity index (χ0n) is 10.9. The van der Waals surface area contributed by atoms with Gasteiger partial charge in [0.2, 0.25) is 0 Å². The van der Waals surface area contributed by atoms with E-state index in [9.17, 15) is 4.39 Å². The fourth-order valence-electron chi connectivity index (χ4n) is 2.51. The molecule has 2 heterocycles. The first-order valence-corrected chi connectivity index (χ1v) is 6.88. The normalized spacial score (nSPS) is 21.3. The topological polar surface area (TPSA) is 19.4 Å². The Bertz CT molecular complexity index is 413. The van der Waals surface area contributed by atoms with Crippen molar-refractivity contribution in [2.24, 2.45) is 0 Å².